The number of carbonyl (C=O) groups is 1. The number of aromatic carboxylic acids is 1. The number of halogens is 2. The summed E-state index contributed by atoms with van der Waals surface area (Å²) in [5, 5.41) is 9.28. The largest absolute Gasteiger partial charge is 0.488 e. The fourth-order valence-electron chi connectivity index (χ4n) is 1.56. The van der Waals surface area contributed by atoms with Crippen LogP contribution in [0.2, 0.25) is 5.02 Å². The van der Waals surface area contributed by atoms with Crippen LogP contribution < -0.4 is 4.74 Å². The molecule has 2 aromatic carbocycles. The first-order valence-corrected chi connectivity index (χ1v) is 5.85. The van der Waals surface area contributed by atoms with E-state index in [1.54, 1.807) is 18.2 Å². The van der Waals surface area contributed by atoms with E-state index in [1.807, 2.05) is 0 Å². The molecule has 3 nitrogen and oxygen atoms in total. The number of ether oxygens (including phenoxy) is 1. The van der Waals surface area contributed by atoms with Crippen LogP contribution in [0, 0.1) is 5.82 Å². The summed E-state index contributed by atoms with van der Waals surface area (Å²) in [6.07, 6.45) is 0. The smallest absolute Gasteiger partial charge is 0.339 e. The Kier molecular flexibility index (Phi) is 4.02. The SMILES string of the molecule is O=C(O)c1ccccc1OCc1ccc(Cl)cc1F. The van der Waals surface area contributed by atoms with Gasteiger partial charge in [0.1, 0.15) is 23.7 Å². The Balaban J connectivity index is 2.17. The van der Waals surface area contributed by atoms with E-state index in [2.05, 4.69) is 0 Å². The minimum absolute atomic E-state index is 0.0388. The molecule has 2 rings (SSSR count). The number of carboxylic acid groups (broad SMARTS) is 1. The molecule has 0 aliphatic heterocycles. The maximum atomic E-state index is 13.5. The highest BCUT2D eigenvalue weighted by Crippen LogP contribution is 2.21. The summed E-state index contributed by atoms with van der Waals surface area (Å²) >= 11 is 5.64. The molecule has 0 heterocycles. The van der Waals surface area contributed by atoms with E-state index >= 15 is 0 Å². The molecule has 0 aromatic heterocycles. The Labute approximate surface area is 114 Å². The fraction of sp³-hybridized carbons (Fsp3) is 0.0714. The molecule has 0 unspecified atom stereocenters. The van der Waals surface area contributed by atoms with Crippen LogP contribution >= 0.6 is 11.6 Å². The van der Waals surface area contributed by atoms with E-state index in [9.17, 15) is 9.18 Å². The second-order valence-corrected chi connectivity index (χ2v) is 4.26. The number of hydrogen-bond acceptors (Lipinski definition) is 2. The van der Waals surface area contributed by atoms with Gasteiger partial charge in [0.2, 0.25) is 0 Å². The van der Waals surface area contributed by atoms with Gasteiger partial charge in [-0.1, -0.05) is 29.8 Å². The van der Waals surface area contributed by atoms with Gasteiger partial charge in [-0.15, -0.1) is 0 Å². The molecule has 0 amide bonds. The first kappa shape index (κ1) is 13.4. The van der Waals surface area contributed by atoms with Gasteiger partial charge in [-0.2, -0.15) is 0 Å². The summed E-state index contributed by atoms with van der Waals surface area (Å²) < 4.78 is 18.9. The number of benzene rings is 2. The molecule has 2 aromatic rings. The van der Waals surface area contributed by atoms with Crippen molar-refractivity contribution < 1.29 is 19.0 Å². The van der Waals surface area contributed by atoms with Crippen molar-refractivity contribution in [3.63, 3.8) is 0 Å². The molecule has 98 valence electrons. The molecular weight excluding hydrogens is 271 g/mol. The Morgan fingerprint density at radius 2 is 2.00 bits per heavy atom. The van der Waals surface area contributed by atoms with Crippen molar-refractivity contribution in [2.45, 2.75) is 6.61 Å². The molecule has 0 radical (unpaired) electrons. The number of carboxylic acids is 1. The molecule has 0 atom stereocenters. The summed E-state index contributed by atoms with van der Waals surface area (Å²) in [5.74, 6) is -1.38. The maximum absolute atomic E-state index is 13.5. The third-order valence-electron chi connectivity index (χ3n) is 2.52. The second kappa shape index (κ2) is 5.71. The van der Waals surface area contributed by atoms with Gasteiger partial charge in [0, 0.05) is 10.6 Å². The lowest BCUT2D eigenvalue weighted by Crippen LogP contribution is -2.04. The van der Waals surface area contributed by atoms with Crippen LogP contribution in [0.1, 0.15) is 15.9 Å². The molecule has 0 aliphatic rings. The lowest BCUT2D eigenvalue weighted by atomic mass is 10.2. The van der Waals surface area contributed by atoms with Crippen molar-refractivity contribution in [3.8, 4) is 5.75 Å². The summed E-state index contributed by atoms with van der Waals surface area (Å²) in [7, 11) is 0. The number of hydrogen-bond donors (Lipinski definition) is 1. The van der Waals surface area contributed by atoms with Crippen LogP contribution in [0.15, 0.2) is 42.5 Å². The Morgan fingerprint density at radius 3 is 2.68 bits per heavy atom. The standard InChI is InChI=1S/C14H10ClFO3/c15-10-6-5-9(12(16)7-10)8-19-13-4-2-1-3-11(13)14(17)18/h1-7H,8H2,(H,17,18). The summed E-state index contributed by atoms with van der Waals surface area (Å²) in [6, 6.07) is 10.4. The first-order chi connectivity index (χ1) is 9.08. The van der Waals surface area contributed by atoms with E-state index in [-0.39, 0.29) is 17.9 Å². The van der Waals surface area contributed by atoms with Crippen LogP contribution in [0.25, 0.3) is 0 Å². The van der Waals surface area contributed by atoms with E-state index in [0.29, 0.717) is 10.6 Å². The van der Waals surface area contributed by atoms with Crippen LogP contribution in [-0.2, 0) is 6.61 Å². The van der Waals surface area contributed by atoms with Gasteiger partial charge in [0.05, 0.1) is 0 Å². The van der Waals surface area contributed by atoms with Crippen LogP contribution in [0.3, 0.4) is 0 Å². The summed E-state index contributed by atoms with van der Waals surface area (Å²) in [6.45, 7) is -0.0622. The minimum atomic E-state index is -1.09. The molecule has 19 heavy (non-hydrogen) atoms. The van der Waals surface area contributed by atoms with Crippen molar-refractivity contribution in [3.05, 3.63) is 64.4 Å². The van der Waals surface area contributed by atoms with Crippen LogP contribution in [-0.4, -0.2) is 11.1 Å². The average Bonchev–Trinajstić information content (AvgIpc) is 2.38. The van der Waals surface area contributed by atoms with Gasteiger partial charge in [-0.25, -0.2) is 9.18 Å². The third-order valence-corrected chi connectivity index (χ3v) is 2.75. The molecule has 0 spiro atoms. The van der Waals surface area contributed by atoms with Gasteiger partial charge in [0.15, 0.2) is 0 Å². The highest BCUT2D eigenvalue weighted by atomic mass is 35.5. The molecule has 1 N–H and O–H groups in total. The Hall–Kier alpha value is -2.07. The predicted octanol–water partition coefficient (Wildman–Crippen LogP) is 3.76. The lowest BCUT2D eigenvalue weighted by Gasteiger charge is -2.09. The maximum Gasteiger partial charge on any atom is 0.339 e. The molecule has 0 bridgehead atoms. The Bertz CT molecular complexity index is 613. The topological polar surface area (TPSA) is 46.5 Å². The number of rotatable bonds is 4. The molecule has 0 aliphatic carbocycles. The van der Waals surface area contributed by atoms with Crippen molar-refractivity contribution in [1.29, 1.82) is 0 Å². The quantitative estimate of drug-likeness (QED) is 0.927. The van der Waals surface area contributed by atoms with Gasteiger partial charge < -0.3 is 9.84 Å². The molecule has 0 fully saturated rings. The highest BCUT2D eigenvalue weighted by Gasteiger charge is 2.11. The molecule has 0 saturated heterocycles. The van der Waals surface area contributed by atoms with Crippen molar-refractivity contribution in [2.75, 3.05) is 0 Å². The van der Waals surface area contributed by atoms with E-state index in [4.69, 9.17) is 21.4 Å². The molecule has 0 saturated carbocycles. The number of para-hydroxylation sites is 1. The van der Waals surface area contributed by atoms with E-state index < -0.39 is 11.8 Å². The van der Waals surface area contributed by atoms with E-state index in [1.165, 1.54) is 24.3 Å². The zero-order valence-corrected chi connectivity index (χ0v) is 10.5. The van der Waals surface area contributed by atoms with Gasteiger partial charge in [0.25, 0.3) is 0 Å². The summed E-state index contributed by atoms with van der Waals surface area (Å²) in [4.78, 5) is 11.0. The predicted molar refractivity (Wildman–Crippen MR) is 69.1 cm³/mol. The minimum Gasteiger partial charge on any atom is -0.488 e. The molecule has 5 heteroatoms. The Morgan fingerprint density at radius 1 is 1.26 bits per heavy atom. The first-order valence-electron chi connectivity index (χ1n) is 5.47. The zero-order chi connectivity index (χ0) is 13.8. The van der Waals surface area contributed by atoms with Crippen molar-refractivity contribution >= 4 is 17.6 Å². The monoisotopic (exact) mass is 280 g/mol. The highest BCUT2D eigenvalue weighted by molar-refractivity contribution is 6.30. The van der Waals surface area contributed by atoms with Crippen molar-refractivity contribution in [2.24, 2.45) is 0 Å². The van der Waals surface area contributed by atoms with Gasteiger partial charge in [-0.05, 0) is 24.3 Å². The third kappa shape index (κ3) is 3.23. The van der Waals surface area contributed by atoms with Crippen molar-refractivity contribution in [1.82, 2.24) is 0 Å². The van der Waals surface area contributed by atoms with Gasteiger partial charge in [-0.3, -0.25) is 0 Å². The van der Waals surface area contributed by atoms with E-state index in [0.717, 1.165) is 0 Å². The van der Waals surface area contributed by atoms with Crippen LogP contribution in [0.5, 0.6) is 5.75 Å². The van der Waals surface area contributed by atoms with Crippen LogP contribution in [0.4, 0.5) is 4.39 Å². The van der Waals surface area contributed by atoms with Gasteiger partial charge >= 0.3 is 5.97 Å². The normalized spacial score (nSPS) is 10.2. The average molecular weight is 281 g/mol. The lowest BCUT2D eigenvalue weighted by molar-refractivity contribution is 0.0691. The second-order valence-electron chi connectivity index (χ2n) is 3.83. The summed E-state index contributed by atoms with van der Waals surface area (Å²) in [5.41, 5.74) is 0.349. The zero-order valence-electron chi connectivity index (χ0n) is 9.77. The molecular formula is C14H10ClFO3. The fourth-order valence-corrected chi connectivity index (χ4v) is 1.72.